The van der Waals surface area contributed by atoms with Gasteiger partial charge in [0.25, 0.3) is 5.91 Å². The van der Waals surface area contributed by atoms with Crippen molar-refractivity contribution < 1.29 is 9.59 Å². The van der Waals surface area contributed by atoms with Gasteiger partial charge in [-0.1, -0.05) is 53.9 Å². The van der Waals surface area contributed by atoms with Crippen LogP contribution in [0, 0.1) is 19.8 Å². The molecular formula is C27H34N2O2. The monoisotopic (exact) mass is 418 g/mol. The van der Waals surface area contributed by atoms with Crippen LogP contribution in [0.1, 0.15) is 71.5 Å². The number of hydrogen-bond donors (Lipinski definition) is 1. The molecule has 1 saturated heterocycles. The molecule has 31 heavy (non-hydrogen) atoms. The Labute approximate surface area is 186 Å². The van der Waals surface area contributed by atoms with Gasteiger partial charge in [0.15, 0.2) is 0 Å². The van der Waals surface area contributed by atoms with Crippen LogP contribution < -0.4 is 5.32 Å². The molecule has 2 aliphatic rings. The summed E-state index contributed by atoms with van der Waals surface area (Å²) in [5, 5.41) is 3.33. The number of hydrogen-bond acceptors (Lipinski definition) is 2. The van der Waals surface area contributed by atoms with Crippen molar-refractivity contribution in [2.24, 2.45) is 5.92 Å². The third kappa shape index (κ3) is 5.36. The lowest BCUT2D eigenvalue weighted by molar-refractivity contribution is -0.127. The Morgan fingerprint density at radius 1 is 0.935 bits per heavy atom. The predicted molar refractivity (Wildman–Crippen MR) is 124 cm³/mol. The van der Waals surface area contributed by atoms with Gasteiger partial charge in [0.1, 0.15) is 0 Å². The third-order valence-corrected chi connectivity index (χ3v) is 6.84. The maximum atomic E-state index is 13.1. The number of carbonyl (C=O) groups excluding carboxylic acids is 2. The summed E-state index contributed by atoms with van der Waals surface area (Å²) in [6.07, 6.45) is 6.13. The van der Waals surface area contributed by atoms with E-state index in [4.69, 9.17) is 0 Å². The van der Waals surface area contributed by atoms with Crippen LogP contribution in [0.15, 0.2) is 48.5 Å². The number of benzene rings is 2. The first kappa shape index (κ1) is 21.6. The molecular weight excluding hydrogens is 384 g/mol. The number of rotatable bonds is 4. The van der Waals surface area contributed by atoms with E-state index < -0.39 is 0 Å². The lowest BCUT2D eigenvalue weighted by Gasteiger charge is -2.35. The minimum absolute atomic E-state index is 0.0473. The van der Waals surface area contributed by atoms with E-state index >= 15 is 0 Å². The Kier molecular flexibility index (Phi) is 6.74. The number of nitrogens with one attached hydrogen (secondary N) is 1. The zero-order chi connectivity index (χ0) is 21.8. The molecule has 4 rings (SSSR count). The Bertz CT molecular complexity index is 904. The van der Waals surface area contributed by atoms with Crippen molar-refractivity contribution in [1.82, 2.24) is 10.2 Å². The molecule has 4 heteroatoms. The molecule has 4 nitrogen and oxygen atoms in total. The summed E-state index contributed by atoms with van der Waals surface area (Å²) in [6, 6.07) is 16.9. The molecule has 0 spiro atoms. The summed E-state index contributed by atoms with van der Waals surface area (Å²) in [7, 11) is 0. The van der Waals surface area contributed by atoms with E-state index in [2.05, 4.69) is 41.7 Å². The zero-order valence-electron chi connectivity index (χ0n) is 18.8. The fraction of sp³-hybridized carbons (Fsp3) is 0.481. The molecule has 2 aromatic carbocycles. The molecule has 164 valence electrons. The van der Waals surface area contributed by atoms with Gasteiger partial charge in [0.05, 0.1) is 5.92 Å². The molecule has 3 unspecified atom stereocenters. The van der Waals surface area contributed by atoms with E-state index in [1.807, 2.05) is 30.9 Å². The first-order valence-electron chi connectivity index (χ1n) is 11.7. The first-order valence-corrected chi connectivity index (χ1v) is 11.7. The predicted octanol–water partition coefficient (Wildman–Crippen LogP) is 5.00. The van der Waals surface area contributed by atoms with Crippen LogP contribution in [-0.2, 0) is 4.79 Å². The van der Waals surface area contributed by atoms with Gasteiger partial charge in [-0.05, 0) is 69.6 Å². The maximum absolute atomic E-state index is 13.1. The van der Waals surface area contributed by atoms with Gasteiger partial charge in [0, 0.05) is 24.7 Å². The Morgan fingerprint density at radius 2 is 1.68 bits per heavy atom. The lowest BCUT2D eigenvalue weighted by Crippen LogP contribution is -2.48. The highest BCUT2D eigenvalue weighted by molar-refractivity contribution is 5.95. The highest BCUT2D eigenvalue weighted by atomic mass is 16.2. The largest absolute Gasteiger partial charge is 0.353 e. The molecule has 0 radical (unpaired) electrons. The van der Waals surface area contributed by atoms with Gasteiger partial charge in [-0.2, -0.15) is 0 Å². The number of aryl methyl sites for hydroxylation is 2. The second-order valence-corrected chi connectivity index (χ2v) is 9.45. The van der Waals surface area contributed by atoms with Crippen LogP contribution in [0.2, 0.25) is 0 Å². The Morgan fingerprint density at radius 3 is 2.42 bits per heavy atom. The first-order chi connectivity index (χ1) is 15.0. The van der Waals surface area contributed by atoms with Gasteiger partial charge in [-0.15, -0.1) is 0 Å². The van der Waals surface area contributed by atoms with E-state index in [-0.39, 0.29) is 23.8 Å². The van der Waals surface area contributed by atoms with E-state index in [1.54, 1.807) is 0 Å². The molecule has 1 aliphatic carbocycles. The average Bonchev–Trinajstić information content (AvgIpc) is 2.79. The van der Waals surface area contributed by atoms with Crippen LogP contribution in [0.3, 0.4) is 0 Å². The number of piperidine rings is 1. The summed E-state index contributed by atoms with van der Waals surface area (Å²) in [4.78, 5) is 28.0. The summed E-state index contributed by atoms with van der Waals surface area (Å²) in [5.41, 5.74) is 4.31. The van der Waals surface area contributed by atoms with E-state index in [1.165, 1.54) is 12.0 Å². The molecule has 1 saturated carbocycles. The fourth-order valence-corrected chi connectivity index (χ4v) is 5.32. The number of amides is 2. The maximum Gasteiger partial charge on any atom is 0.253 e. The van der Waals surface area contributed by atoms with Crippen LogP contribution in [-0.4, -0.2) is 35.8 Å². The lowest BCUT2D eigenvalue weighted by atomic mass is 9.81. The second kappa shape index (κ2) is 9.67. The Balaban J connectivity index is 1.36. The molecule has 0 bridgehead atoms. The average molecular weight is 419 g/mol. The summed E-state index contributed by atoms with van der Waals surface area (Å²) >= 11 is 0. The van der Waals surface area contributed by atoms with Crippen LogP contribution in [0.4, 0.5) is 0 Å². The molecule has 1 aliphatic heterocycles. The van der Waals surface area contributed by atoms with Crippen LogP contribution in [0.25, 0.3) is 0 Å². The number of likely N-dealkylation sites (tertiary alicyclic amines) is 1. The van der Waals surface area contributed by atoms with E-state index in [0.717, 1.165) is 55.3 Å². The fourth-order valence-electron chi connectivity index (χ4n) is 5.32. The van der Waals surface area contributed by atoms with Gasteiger partial charge < -0.3 is 10.2 Å². The molecule has 3 atom stereocenters. The Hall–Kier alpha value is -2.62. The van der Waals surface area contributed by atoms with Crippen molar-refractivity contribution in [3.63, 3.8) is 0 Å². The third-order valence-electron chi connectivity index (χ3n) is 6.84. The van der Waals surface area contributed by atoms with Gasteiger partial charge in [0.2, 0.25) is 5.91 Å². The number of carbonyl (C=O) groups is 2. The summed E-state index contributed by atoms with van der Waals surface area (Å²) < 4.78 is 0. The van der Waals surface area contributed by atoms with E-state index in [9.17, 15) is 9.59 Å². The normalized spacial score (nSPS) is 23.9. The highest BCUT2D eigenvalue weighted by Gasteiger charge is 2.31. The van der Waals surface area contributed by atoms with E-state index in [0.29, 0.717) is 12.5 Å². The minimum atomic E-state index is -0.110. The van der Waals surface area contributed by atoms with Crippen molar-refractivity contribution in [3.05, 3.63) is 70.8 Å². The smallest absolute Gasteiger partial charge is 0.253 e. The molecule has 0 aromatic heterocycles. The topological polar surface area (TPSA) is 49.4 Å². The van der Waals surface area contributed by atoms with Gasteiger partial charge in [-0.3, -0.25) is 9.59 Å². The zero-order valence-corrected chi connectivity index (χ0v) is 18.8. The molecule has 2 aromatic rings. The van der Waals surface area contributed by atoms with Crippen LogP contribution in [0.5, 0.6) is 0 Å². The van der Waals surface area contributed by atoms with Crippen LogP contribution >= 0.6 is 0 Å². The minimum Gasteiger partial charge on any atom is -0.353 e. The van der Waals surface area contributed by atoms with Crippen molar-refractivity contribution in [1.29, 1.82) is 0 Å². The summed E-state index contributed by atoms with van der Waals surface area (Å²) in [6.45, 7) is 5.29. The summed E-state index contributed by atoms with van der Waals surface area (Å²) in [5.74, 6) is 0.581. The molecule has 2 amide bonds. The van der Waals surface area contributed by atoms with Gasteiger partial charge in [-0.25, -0.2) is 0 Å². The van der Waals surface area contributed by atoms with Gasteiger partial charge >= 0.3 is 0 Å². The SMILES string of the molecule is Cc1cc(C)cc(C(=O)N2CCCC(C(=O)NC3CCCC(c4ccccc4)C3)C2)c1. The highest BCUT2D eigenvalue weighted by Crippen LogP contribution is 2.33. The van der Waals surface area contributed by atoms with Crippen molar-refractivity contribution >= 4 is 11.8 Å². The van der Waals surface area contributed by atoms with Crippen molar-refractivity contribution in [3.8, 4) is 0 Å². The molecule has 1 N–H and O–H groups in total. The standard InChI is InChI=1S/C27H34N2O2/c1-19-14-20(2)16-24(15-19)27(31)29-13-7-11-23(18-29)26(30)28-25-12-6-10-22(17-25)21-8-4-3-5-9-21/h3-5,8-9,14-16,22-23,25H,6-7,10-13,17-18H2,1-2H3,(H,28,30). The van der Waals surface area contributed by atoms with Crippen molar-refractivity contribution in [2.75, 3.05) is 13.1 Å². The number of nitrogens with zero attached hydrogens (tertiary/aromatic N) is 1. The van der Waals surface area contributed by atoms with Crippen molar-refractivity contribution in [2.45, 2.75) is 64.3 Å². The second-order valence-electron chi connectivity index (χ2n) is 9.45. The quantitative estimate of drug-likeness (QED) is 0.760. The molecule has 2 fully saturated rings. The molecule has 1 heterocycles.